The average molecular weight is 373 g/mol. The Bertz CT molecular complexity index is 413. The Morgan fingerprint density at radius 2 is 1.42 bits per heavy atom. The minimum atomic E-state index is -1.42. The van der Waals surface area contributed by atoms with E-state index in [4.69, 9.17) is 0 Å². The van der Waals surface area contributed by atoms with E-state index in [0.717, 1.165) is 0 Å². The standard InChI is InChI=1S/C13H25NPSi.2ClH.Ti/c1-10-9-15(12(3)11(10)2)16(7,8)14-13(4,5)6;;;/h14H,1-8H3;2*1H;/q;;;+2/p-2. The molecule has 1 atom stereocenters. The van der Waals surface area contributed by atoms with Gasteiger partial charge in [0.25, 0.3) is 0 Å². The molecule has 109 valence electrons. The van der Waals surface area contributed by atoms with Crippen LogP contribution in [0.15, 0.2) is 0 Å². The molecule has 0 aliphatic carbocycles. The van der Waals surface area contributed by atoms with Gasteiger partial charge >= 0.3 is 121 Å². The predicted molar refractivity (Wildman–Crippen MR) is 78.8 cm³/mol. The van der Waals surface area contributed by atoms with Crippen molar-refractivity contribution < 1.29 is 45.2 Å². The quantitative estimate of drug-likeness (QED) is 0.576. The molecule has 0 radical (unpaired) electrons. The number of halogens is 2. The maximum absolute atomic E-state index is 3.94. The summed E-state index contributed by atoms with van der Waals surface area (Å²) >= 11 is 2.35. The molecule has 0 fully saturated rings. The third-order valence-corrected chi connectivity index (χ3v) is 15.6. The molecule has 0 aromatic carbocycles. The first-order valence-corrected chi connectivity index (χ1v) is 12.1. The number of hydrogen-bond acceptors (Lipinski definition) is 1. The molecule has 1 aromatic heterocycles. The number of nitrogens with one attached hydrogen (secondary N) is 1. The van der Waals surface area contributed by atoms with Gasteiger partial charge < -0.3 is 24.8 Å². The van der Waals surface area contributed by atoms with Crippen LogP contribution in [0.1, 0.15) is 37.2 Å². The molecule has 0 spiro atoms. The van der Waals surface area contributed by atoms with Crippen LogP contribution in [0.25, 0.3) is 0 Å². The Balaban J connectivity index is 0. The van der Waals surface area contributed by atoms with Crippen molar-refractivity contribution >= 4 is 18.6 Å². The van der Waals surface area contributed by atoms with Crippen molar-refractivity contribution in [3.63, 3.8) is 0 Å². The molecule has 0 saturated carbocycles. The molecular formula is C13H25Cl2NPSiTi. The second-order valence-electron chi connectivity index (χ2n) is 6.45. The molecule has 6 heteroatoms. The minimum Gasteiger partial charge on any atom is -1.00 e. The summed E-state index contributed by atoms with van der Waals surface area (Å²) in [6.45, 7) is 18.8. The van der Waals surface area contributed by atoms with Crippen molar-refractivity contribution in [3.8, 4) is 0 Å². The molecule has 0 bridgehead atoms. The molecule has 1 nitrogen and oxygen atoms in total. The van der Waals surface area contributed by atoms with Crippen LogP contribution < -0.4 is 33.4 Å². The van der Waals surface area contributed by atoms with Crippen LogP contribution in [-0.4, -0.2) is 13.4 Å². The van der Waals surface area contributed by atoms with Crippen molar-refractivity contribution in [3.05, 3.63) is 16.4 Å². The molecule has 0 saturated heterocycles. The number of hydrogen-bond donors (Lipinski definition) is 1. The zero-order chi connectivity index (χ0) is 13.6. The summed E-state index contributed by atoms with van der Waals surface area (Å²) in [5.41, 5.74) is 3.32. The Kier molecular flexibility index (Phi) is 8.89. The van der Waals surface area contributed by atoms with Crippen molar-refractivity contribution in [1.29, 1.82) is 0 Å². The van der Waals surface area contributed by atoms with E-state index in [0.29, 0.717) is 0 Å². The Morgan fingerprint density at radius 3 is 1.68 bits per heavy atom. The molecular weight excluding hydrogens is 348 g/mol. The van der Waals surface area contributed by atoms with E-state index < -0.39 is 7.90 Å². The van der Waals surface area contributed by atoms with Crippen LogP contribution in [0.3, 0.4) is 0 Å². The van der Waals surface area contributed by atoms with E-state index in [9.17, 15) is 0 Å². The van der Waals surface area contributed by atoms with Crippen molar-refractivity contribution in [2.45, 2.75) is 60.2 Å². The van der Waals surface area contributed by atoms with Gasteiger partial charge in [0.05, 0.1) is 0 Å². The third kappa shape index (κ3) is 5.18. The summed E-state index contributed by atoms with van der Waals surface area (Å²) in [4.78, 5) is 3.94. The van der Waals surface area contributed by atoms with Gasteiger partial charge in [-0.1, -0.05) is 0 Å². The molecule has 19 heavy (non-hydrogen) atoms. The van der Waals surface area contributed by atoms with Crippen LogP contribution in [0, 0.1) is 20.8 Å². The minimum absolute atomic E-state index is 0. The first-order chi connectivity index (χ1) is 7.47. The average Bonchev–Trinajstić information content (AvgIpc) is 2.27. The van der Waals surface area contributed by atoms with Gasteiger partial charge in [0.2, 0.25) is 0 Å². The molecule has 0 aliphatic heterocycles. The summed E-state index contributed by atoms with van der Waals surface area (Å²) in [6.07, 6.45) is 0. The van der Waals surface area contributed by atoms with Crippen molar-refractivity contribution in [1.82, 2.24) is 4.98 Å². The van der Waals surface area contributed by atoms with Gasteiger partial charge in [-0.3, -0.25) is 0 Å². The van der Waals surface area contributed by atoms with Gasteiger partial charge in [-0.15, -0.1) is 0 Å². The second-order valence-corrected chi connectivity index (χ2v) is 17.7. The van der Waals surface area contributed by atoms with Gasteiger partial charge in [0.1, 0.15) is 0 Å². The van der Waals surface area contributed by atoms with Crippen LogP contribution in [0.2, 0.25) is 13.1 Å². The first kappa shape index (κ1) is 22.5. The molecule has 1 heterocycles. The zero-order valence-electron chi connectivity index (χ0n) is 13.2. The van der Waals surface area contributed by atoms with E-state index in [2.05, 4.69) is 80.1 Å². The molecule has 1 rings (SSSR count). The van der Waals surface area contributed by atoms with Crippen molar-refractivity contribution in [2.75, 3.05) is 0 Å². The summed E-state index contributed by atoms with van der Waals surface area (Å²) in [7, 11) is -1.48. The molecule has 1 unspecified atom stereocenters. The Morgan fingerprint density at radius 1 is 1.00 bits per heavy atom. The van der Waals surface area contributed by atoms with Gasteiger partial charge in [0.15, 0.2) is 0 Å². The van der Waals surface area contributed by atoms with Gasteiger partial charge in [-0.05, 0) is 0 Å². The monoisotopic (exact) mass is 372 g/mol. The van der Waals surface area contributed by atoms with E-state index in [1.54, 1.807) is 20.0 Å². The van der Waals surface area contributed by atoms with Gasteiger partial charge in [-0.25, -0.2) is 0 Å². The Labute approximate surface area is 144 Å². The first-order valence-electron chi connectivity index (χ1n) is 6.17. The van der Waals surface area contributed by atoms with Crippen LogP contribution in [0.4, 0.5) is 0 Å². The topological polar surface area (TPSA) is 12.0 Å². The fourth-order valence-electron chi connectivity index (χ4n) is 2.62. The largest absolute Gasteiger partial charge is 1.00 e. The molecule has 0 aliphatic rings. The van der Waals surface area contributed by atoms with Crippen LogP contribution in [0.5, 0.6) is 0 Å². The zero-order valence-corrected chi connectivity index (χ0v) is 18.2. The molecule has 1 N–H and O–H groups in total. The fraction of sp³-hybridized carbons (Fsp3) is 0.692. The third-order valence-electron chi connectivity index (χ3n) is 3.26. The molecule has 0 amide bonds. The summed E-state index contributed by atoms with van der Waals surface area (Å²) in [5.74, 6) is 0. The molecule has 1 aromatic rings. The number of rotatable bonds is 2. The van der Waals surface area contributed by atoms with Crippen molar-refractivity contribution in [2.24, 2.45) is 0 Å². The van der Waals surface area contributed by atoms with E-state index in [-0.39, 0.29) is 37.4 Å². The van der Waals surface area contributed by atoms with Crippen LogP contribution >= 0.6 is 7.08 Å². The normalized spacial score (nSPS) is 12.8. The SMILES string of the molecule is Cc1c(C)[c]([Ti+2])p([Si](C)(C)NC(C)(C)C)c1C.[Cl-].[Cl-]. The smallest absolute Gasteiger partial charge is 1.00 e. The van der Waals surface area contributed by atoms with E-state index in [1.165, 1.54) is 0 Å². The summed E-state index contributed by atoms with van der Waals surface area (Å²) in [5, 5.41) is 1.66. The van der Waals surface area contributed by atoms with Gasteiger partial charge in [-0.2, -0.15) is 0 Å². The Hall–Kier alpha value is 1.25. The summed E-state index contributed by atoms with van der Waals surface area (Å²) < 4.78 is 1.66. The maximum Gasteiger partial charge on any atom is -1.00 e. The van der Waals surface area contributed by atoms with E-state index in [1.807, 2.05) is 0 Å². The summed E-state index contributed by atoms with van der Waals surface area (Å²) in [6, 6.07) is 0. The maximum atomic E-state index is 3.94. The second kappa shape index (κ2) is 7.49. The van der Waals surface area contributed by atoms with Gasteiger partial charge in [0, 0.05) is 0 Å². The van der Waals surface area contributed by atoms with E-state index >= 15 is 0 Å². The fourth-order valence-corrected chi connectivity index (χ4v) is 18.9. The predicted octanol–water partition coefficient (Wildman–Crippen LogP) is -2.28. The van der Waals surface area contributed by atoms with Crippen LogP contribution in [-0.2, 0) is 20.4 Å².